The van der Waals surface area contributed by atoms with Crippen molar-refractivity contribution in [2.24, 2.45) is 0 Å². The molecule has 0 fully saturated rings. The largest absolute Gasteiger partial charge is 0.339 e. The van der Waals surface area contributed by atoms with E-state index in [4.69, 9.17) is 0 Å². The normalized spacial score (nSPS) is 14.2. The van der Waals surface area contributed by atoms with Crippen LogP contribution < -0.4 is 0 Å². The highest BCUT2D eigenvalue weighted by Gasteiger charge is 2.40. The van der Waals surface area contributed by atoms with E-state index in [1.54, 1.807) is 24.3 Å². The third-order valence-electron chi connectivity index (χ3n) is 7.06. The topological polar surface area (TPSA) is 55.2 Å². The van der Waals surface area contributed by atoms with Gasteiger partial charge in [-0.25, -0.2) is 0 Å². The van der Waals surface area contributed by atoms with E-state index in [1.807, 2.05) is 43.5 Å². The standard InChI is InChI=1S/C30H25N3O2/c1-19-12-13-22-23-14-16-31-20(2)28(23)32(27(22)18-19)17-15-26(21-8-4-3-5-9-21)33-29(34)24-10-6-7-11-25(24)30(33)35/h3-14,16,18,26H,15,17H2,1-2H3. The molecule has 5 heteroatoms. The summed E-state index contributed by atoms with van der Waals surface area (Å²) in [6.07, 6.45) is 2.45. The zero-order valence-corrected chi connectivity index (χ0v) is 19.7. The van der Waals surface area contributed by atoms with Crippen molar-refractivity contribution in [2.75, 3.05) is 0 Å². The number of imide groups is 1. The molecule has 3 aromatic carbocycles. The average Bonchev–Trinajstić information content (AvgIpc) is 3.32. The van der Waals surface area contributed by atoms with Crippen LogP contribution in [0.15, 0.2) is 85.1 Å². The van der Waals surface area contributed by atoms with Gasteiger partial charge in [-0.15, -0.1) is 0 Å². The van der Waals surface area contributed by atoms with Crippen molar-refractivity contribution >= 4 is 33.6 Å². The Balaban J connectivity index is 1.45. The van der Waals surface area contributed by atoms with Crippen LogP contribution in [-0.2, 0) is 6.54 Å². The Hall–Kier alpha value is -4.25. The maximum atomic E-state index is 13.4. The van der Waals surface area contributed by atoms with Crippen LogP contribution in [0.2, 0.25) is 0 Å². The van der Waals surface area contributed by atoms with Crippen molar-refractivity contribution < 1.29 is 9.59 Å². The molecule has 6 rings (SSSR count). The molecule has 0 saturated heterocycles. The molecule has 0 saturated carbocycles. The monoisotopic (exact) mass is 459 g/mol. The summed E-state index contributed by atoms with van der Waals surface area (Å²) in [5.41, 5.74) is 6.30. The molecule has 2 amide bonds. The number of pyridine rings is 1. The molecule has 2 aromatic heterocycles. The lowest BCUT2D eigenvalue weighted by Crippen LogP contribution is -2.34. The number of fused-ring (bicyclic) bond motifs is 4. The van der Waals surface area contributed by atoms with E-state index in [1.165, 1.54) is 21.2 Å². The third-order valence-corrected chi connectivity index (χ3v) is 7.06. The lowest BCUT2D eigenvalue weighted by molar-refractivity contribution is 0.0570. The van der Waals surface area contributed by atoms with E-state index in [0.29, 0.717) is 24.1 Å². The Labute approximate surface area is 203 Å². The summed E-state index contributed by atoms with van der Waals surface area (Å²) in [7, 11) is 0. The highest BCUT2D eigenvalue weighted by atomic mass is 16.2. The molecule has 0 radical (unpaired) electrons. The van der Waals surface area contributed by atoms with Crippen LogP contribution in [0.25, 0.3) is 21.8 Å². The second-order valence-corrected chi connectivity index (χ2v) is 9.21. The van der Waals surface area contributed by atoms with Crippen LogP contribution in [0.1, 0.15) is 50.0 Å². The first-order valence-electron chi connectivity index (χ1n) is 11.9. The molecule has 1 aliphatic rings. The van der Waals surface area contributed by atoms with Gasteiger partial charge in [-0.3, -0.25) is 19.5 Å². The summed E-state index contributed by atoms with van der Waals surface area (Å²) in [5.74, 6) is -0.453. The van der Waals surface area contributed by atoms with Gasteiger partial charge in [-0.1, -0.05) is 54.6 Å². The summed E-state index contributed by atoms with van der Waals surface area (Å²) in [6, 6.07) is 25.1. The number of aryl methyl sites for hydroxylation is 3. The van der Waals surface area contributed by atoms with E-state index in [9.17, 15) is 9.59 Å². The quantitative estimate of drug-likeness (QED) is 0.293. The van der Waals surface area contributed by atoms with E-state index < -0.39 is 0 Å². The number of amides is 2. The fourth-order valence-electron chi connectivity index (χ4n) is 5.42. The Bertz CT molecular complexity index is 1580. The first-order valence-corrected chi connectivity index (χ1v) is 11.9. The van der Waals surface area contributed by atoms with Crippen LogP contribution in [-0.4, -0.2) is 26.3 Å². The van der Waals surface area contributed by atoms with Crippen LogP contribution in [0.4, 0.5) is 0 Å². The molecule has 5 aromatic rings. The van der Waals surface area contributed by atoms with Crippen LogP contribution >= 0.6 is 0 Å². The molecule has 1 atom stereocenters. The number of benzene rings is 3. The number of hydrogen-bond donors (Lipinski definition) is 0. The third kappa shape index (κ3) is 3.35. The van der Waals surface area contributed by atoms with Gasteiger partial charge in [0.2, 0.25) is 0 Å². The van der Waals surface area contributed by atoms with Crippen molar-refractivity contribution in [3.63, 3.8) is 0 Å². The minimum atomic E-state index is -0.377. The first kappa shape index (κ1) is 21.3. The van der Waals surface area contributed by atoms with Crippen molar-refractivity contribution in [1.29, 1.82) is 0 Å². The molecule has 5 nitrogen and oxygen atoms in total. The molecule has 0 spiro atoms. The van der Waals surface area contributed by atoms with Crippen LogP contribution in [0.5, 0.6) is 0 Å². The van der Waals surface area contributed by atoms with E-state index >= 15 is 0 Å². The first-order chi connectivity index (χ1) is 17.0. The zero-order valence-electron chi connectivity index (χ0n) is 19.7. The van der Waals surface area contributed by atoms with E-state index in [-0.39, 0.29) is 17.9 Å². The number of rotatable bonds is 5. The van der Waals surface area contributed by atoms with Gasteiger partial charge in [0, 0.05) is 29.0 Å². The number of hydrogen-bond acceptors (Lipinski definition) is 3. The molecule has 1 unspecified atom stereocenters. The lowest BCUT2D eigenvalue weighted by Gasteiger charge is -2.27. The summed E-state index contributed by atoms with van der Waals surface area (Å²) in [5, 5.41) is 2.36. The predicted octanol–water partition coefficient (Wildman–Crippen LogP) is 6.23. The van der Waals surface area contributed by atoms with Gasteiger partial charge in [0.05, 0.1) is 28.4 Å². The Morgan fingerprint density at radius 1 is 0.800 bits per heavy atom. The molecule has 172 valence electrons. The summed E-state index contributed by atoms with van der Waals surface area (Å²) in [6.45, 7) is 4.77. The Kier molecular flexibility index (Phi) is 4.99. The summed E-state index contributed by atoms with van der Waals surface area (Å²) < 4.78 is 2.30. The van der Waals surface area contributed by atoms with E-state index in [0.717, 1.165) is 22.3 Å². The van der Waals surface area contributed by atoms with Crippen LogP contribution in [0, 0.1) is 13.8 Å². The number of nitrogens with zero attached hydrogens (tertiary/aromatic N) is 3. The molecular formula is C30H25N3O2. The predicted molar refractivity (Wildman–Crippen MR) is 137 cm³/mol. The summed E-state index contributed by atoms with van der Waals surface area (Å²) in [4.78, 5) is 32.8. The number of carbonyl (C=O) groups is 2. The molecule has 0 N–H and O–H groups in total. The fraction of sp³-hybridized carbons (Fsp3) is 0.167. The minimum Gasteiger partial charge on any atom is -0.339 e. The average molecular weight is 460 g/mol. The molecule has 35 heavy (non-hydrogen) atoms. The van der Waals surface area contributed by atoms with Gasteiger partial charge in [-0.2, -0.15) is 0 Å². The van der Waals surface area contributed by atoms with Crippen molar-refractivity contribution in [2.45, 2.75) is 32.9 Å². The zero-order chi connectivity index (χ0) is 24.1. The van der Waals surface area contributed by atoms with Gasteiger partial charge in [-0.05, 0) is 55.7 Å². The molecule has 0 bridgehead atoms. The van der Waals surface area contributed by atoms with Gasteiger partial charge in [0.1, 0.15) is 0 Å². The Morgan fingerprint density at radius 3 is 2.20 bits per heavy atom. The van der Waals surface area contributed by atoms with E-state index in [2.05, 4.69) is 40.7 Å². The SMILES string of the molecule is Cc1ccc2c3ccnc(C)c3n(CCC(c3ccccc3)N3C(=O)c4ccccc4C3=O)c2c1. The van der Waals surface area contributed by atoms with Gasteiger partial charge >= 0.3 is 0 Å². The number of aromatic nitrogens is 2. The lowest BCUT2D eigenvalue weighted by atomic mass is 10.0. The fourth-order valence-corrected chi connectivity index (χ4v) is 5.42. The second-order valence-electron chi connectivity index (χ2n) is 9.21. The van der Waals surface area contributed by atoms with Gasteiger partial charge in [0.15, 0.2) is 0 Å². The molecular weight excluding hydrogens is 434 g/mol. The minimum absolute atomic E-state index is 0.227. The number of carbonyl (C=O) groups excluding carboxylic acids is 2. The maximum absolute atomic E-state index is 13.4. The smallest absolute Gasteiger partial charge is 0.262 e. The maximum Gasteiger partial charge on any atom is 0.262 e. The van der Waals surface area contributed by atoms with Crippen molar-refractivity contribution in [3.05, 3.63) is 113 Å². The van der Waals surface area contributed by atoms with Gasteiger partial charge < -0.3 is 4.57 Å². The Morgan fingerprint density at radius 2 is 1.49 bits per heavy atom. The summed E-state index contributed by atoms with van der Waals surface area (Å²) >= 11 is 0. The highest BCUT2D eigenvalue weighted by Crippen LogP contribution is 2.36. The molecule has 0 aliphatic carbocycles. The van der Waals surface area contributed by atoms with Crippen LogP contribution in [0.3, 0.4) is 0 Å². The van der Waals surface area contributed by atoms with Crippen molar-refractivity contribution in [1.82, 2.24) is 14.5 Å². The molecule has 1 aliphatic heterocycles. The highest BCUT2D eigenvalue weighted by molar-refractivity contribution is 6.21. The second kappa shape index (κ2) is 8.20. The molecule has 3 heterocycles. The van der Waals surface area contributed by atoms with Crippen molar-refractivity contribution in [3.8, 4) is 0 Å². The van der Waals surface area contributed by atoms with Gasteiger partial charge in [0.25, 0.3) is 11.8 Å².